The van der Waals surface area contributed by atoms with Gasteiger partial charge < -0.3 is 14.0 Å². The SMILES string of the molecule is COc1cccc(/C=C/C(=O)N2CCN(Cc3cn4ccccc4n3)CC2)c1. The average molecular weight is 376 g/mol. The molecule has 0 atom stereocenters. The first-order valence-corrected chi connectivity index (χ1v) is 9.47. The lowest BCUT2D eigenvalue weighted by Gasteiger charge is -2.33. The summed E-state index contributed by atoms with van der Waals surface area (Å²) in [5.41, 5.74) is 2.98. The molecule has 6 heteroatoms. The van der Waals surface area contributed by atoms with Crippen molar-refractivity contribution in [1.29, 1.82) is 0 Å². The van der Waals surface area contributed by atoms with Crippen LogP contribution >= 0.6 is 0 Å². The van der Waals surface area contributed by atoms with Gasteiger partial charge >= 0.3 is 0 Å². The second-order valence-electron chi connectivity index (χ2n) is 6.91. The predicted octanol–water partition coefficient (Wildman–Crippen LogP) is 2.70. The number of methoxy groups -OCH3 is 1. The van der Waals surface area contributed by atoms with Crippen LogP contribution in [0, 0.1) is 0 Å². The maximum Gasteiger partial charge on any atom is 0.246 e. The number of imidazole rings is 1. The summed E-state index contributed by atoms with van der Waals surface area (Å²) in [5.74, 6) is 0.838. The van der Waals surface area contributed by atoms with E-state index in [1.165, 1.54) is 0 Å². The minimum Gasteiger partial charge on any atom is -0.497 e. The Hall–Kier alpha value is -3.12. The summed E-state index contributed by atoms with van der Waals surface area (Å²) >= 11 is 0. The molecule has 0 spiro atoms. The van der Waals surface area contributed by atoms with Crippen molar-refractivity contribution in [1.82, 2.24) is 19.2 Å². The van der Waals surface area contributed by atoms with Crippen LogP contribution in [-0.4, -0.2) is 58.4 Å². The van der Waals surface area contributed by atoms with Gasteiger partial charge in [-0.25, -0.2) is 4.98 Å². The van der Waals surface area contributed by atoms with Gasteiger partial charge in [0.2, 0.25) is 5.91 Å². The number of benzene rings is 1. The highest BCUT2D eigenvalue weighted by Gasteiger charge is 2.20. The van der Waals surface area contributed by atoms with Gasteiger partial charge in [0, 0.05) is 51.2 Å². The fourth-order valence-electron chi connectivity index (χ4n) is 3.44. The number of carbonyl (C=O) groups excluding carboxylic acids is 1. The number of fused-ring (bicyclic) bond motifs is 1. The van der Waals surface area contributed by atoms with Crippen LogP contribution in [0.3, 0.4) is 0 Å². The molecule has 28 heavy (non-hydrogen) atoms. The molecule has 3 aromatic rings. The molecule has 0 N–H and O–H groups in total. The van der Waals surface area contributed by atoms with Crippen LogP contribution in [0.15, 0.2) is 60.9 Å². The minimum absolute atomic E-state index is 0.0511. The molecule has 1 fully saturated rings. The van der Waals surface area contributed by atoms with Gasteiger partial charge in [-0.1, -0.05) is 18.2 Å². The third-order valence-corrected chi connectivity index (χ3v) is 5.00. The molecule has 2 aromatic heterocycles. The number of rotatable bonds is 5. The van der Waals surface area contributed by atoms with E-state index in [1.54, 1.807) is 13.2 Å². The van der Waals surface area contributed by atoms with Crippen LogP contribution in [-0.2, 0) is 11.3 Å². The van der Waals surface area contributed by atoms with Crippen LogP contribution in [0.2, 0.25) is 0 Å². The van der Waals surface area contributed by atoms with Crippen molar-refractivity contribution in [2.75, 3.05) is 33.3 Å². The Morgan fingerprint density at radius 2 is 2.00 bits per heavy atom. The molecule has 1 aliphatic rings. The van der Waals surface area contributed by atoms with E-state index in [9.17, 15) is 4.79 Å². The first kappa shape index (κ1) is 18.3. The van der Waals surface area contributed by atoms with Crippen molar-refractivity contribution in [3.05, 3.63) is 72.2 Å². The number of amides is 1. The number of hydrogen-bond donors (Lipinski definition) is 0. The van der Waals surface area contributed by atoms with Crippen LogP contribution < -0.4 is 4.74 Å². The molecule has 0 bridgehead atoms. The molecule has 1 aliphatic heterocycles. The predicted molar refractivity (Wildman–Crippen MR) is 109 cm³/mol. The summed E-state index contributed by atoms with van der Waals surface area (Å²) in [5, 5.41) is 0. The van der Waals surface area contributed by atoms with Crippen LogP contribution in [0.4, 0.5) is 0 Å². The third-order valence-electron chi connectivity index (χ3n) is 5.00. The van der Waals surface area contributed by atoms with Gasteiger partial charge in [0.15, 0.2) is 0 Å². The number of nitrogens with zero attached hydrogens (tertiary/aromatic N) is 4. The highest BCUT2D eigenvalue weighted by atomic mass is 16.5. The second kappa shape index (κ2) is 8.27. The lowest BCUT2D eigenvalue weighted by atomic mass is 10.2. The molecule has 1 amide bonds. The molecular formula is C22H24N4O2. The maximum atomic E-state index is 12.5. The molecule has 3 heterocycles. The Morgan fingerprint density at radius 3 is 2.79 bits per heavy atom. The number of pyridine rings is 1. The Balaban J connectivity index is 1.30. The monoisotopic (exact) mass is 376 g/mol. The Morgan fingerprint density at radius 1 is 1.14 bits per heavy atom. The summed E-state index contributed by atoms with van der Waals surface area (Å²) in [7, 11) is 1.64. The molecule has 6 nitrogen and oxygen atoms in total. The number of hydrogen-bond acceptors (Lipinski definition) is 4. The van der Waals surface area contributed by atoms with Crippen LogP contribution in [0.5, 0.6) is 5.75 Å². The van der Waals surface area contributed by atoms with Gasteiger partial charge in [0.05, 0.1) is 12.8 Å². The van der Waals surface area contributed by atoms with E-state index in [2.05, 4.69) is 16.1 Å². The molecular weight excluding hydrogens is 352 g/mol. The third kappa shape index (κ3) is 4.23. The first-order chi connectivity index (χ1) is 13.7. The van der Waals surface area contributed by atoms with E-state index >= 15 is 0 Å². The fourth-order valence-corrected chi connectivity index (χ4v) is 3.44. The Kier molecular flexibility index (Phi) is 5.39. The topological polar surface area (TPSA) is 50.1 Å². The smallest absolute Gasteiger partial charge is 0.246 e. The molecule has 4 rings (SSSR count). The summed E-state index contributed by atoms with van der Waals surface area (Å²) in [6.45, 7) is 3.98. The van der Waals surface area contributed by atoms with Gasteiger partial charge in [-0.05, 0) is 35.9 Å². The van der Waals surface area contributed by atoms with Crippen molar-refractivity contribution in [2.24, 2.45) is 0 Å². The lowest BCUT2D eigenvalue weighted by molar-refractivity contribution is -0.127. The van der Waals surface area contributed by atoms with E-state index in [0.717, 1.165) is 55.4 Å². The highest BCUT2D eigenvalue weighted by molar-refractivity contribution is 5.91. The van der Waals surface area contributed by atoms with Gasteiger partial charge in [-0.15, -0.1) is 0 Å². The van der Waals surface area contributed by atoms with Crippen molar-refractivity contribution >= 4 is 17.6 Å². The molecule has 1 aromatic carbocycles. The summed E-state index contributed by atoms with van der Waals surface area (Å²) in [6, 6.07) is 13.7. The largest absolute Gasteiger partial charge is 0.497 e. The van der Waals surface area contributed by atoms with Gasteiger partial charge in [-0.2, -0.15) is 0 Å². The lowest BCUT2D eigenvalue weighted by Crippen LogP contribution is -2.47. The van der Waals surface area contributed by atoms with E-state index < -0.39 is 0 Å². The van der Waals surface area contributed by atoms with E-state index in [4.69, 9.17) is 4.74 Å². The van der Waals surface area contributed by atoms with Gasteiger partial charge in [-0.3, -0.25) is 9.69 Å². The quantitative estimate of drug-likeness (QED) is 0.643. The Labute approximate surface area is 164 Å². The van der Waals surface area contributed by atoms with Crippen molar-refractivity contribution in [2.45, 2.75) is 6.54 Å². The van der Waals surface area contributed by atoms with Gasteiger partial charge in [0.25, 0.3) is 0 Å². The average Bonchev–Trinajstić information content (AvgIpc) is 3.15. The van der Waals surface area contributed by atoms with Crippen molar-refractivity contribution in [3.63, 3.8) is 0 Å². The second-order valence-corrected chi connectivity index (χ2v) is 6.91. The standard InChI is InChI=1S/C22H24N4O2/c1-28-20-6-4-5-18(15-20)8-9-22(27)25-13-11-24(12-14-25)16-19-17-26-10-3-2-7-21(26)23-19/h2-10,15,17H,11-14,16H2,1H3/b9-8+. The number of carbonyl (C=O) groups is 1. The van der Waals surface area contributed by atoms with Crippen LogP contribution in [0.25, 0.3) is 11.7 Å². The zero-order valence-electron chi connectivity index (χ0n) is 16.0. The normalized spacial score (nSPS) is 15.4. The summed E-state index contributed by atoms with van der Waals surface area (Å²) < 4.78 is 7.26. The summed E-state index contributed by atoms with van der Waals surface area (Å²) in [6.07, 6.45) is 7.57. The fraction of sp³-hybridized carbons (Fsp3) is 0.273. The highest BCUT2D eigenvalue weighted by Crippen LogP contribution is 2.14. The first-order valence-electron chi connectivity index (χ1n) is 9.47. The Bertz CT molecular complexity index is 954. The van der Waals surface area contributed by atoms with E-state index in [-0.39, 0.29) is 5.91 Å². The van der Waals surface area contributed by atoms with E-state index in [1.807, 2.05) is 64.0 Å². The number of aromatic nitrogens is 2. The van der Waals surface area contributed by atoms with Crippen LogP contribution in [0.1, 0.15) is 11.3 Å². The van der Waals surface area contributed by atoms with Gasteiger partial charge in [0.1, 0.15) is 11.4 Å². The van der Waals surface area contributed by atoms with E-state index in [0.29, 0.717) is 0 Å². The zero-order chi connectivity index (χ0) is 19.3. The molecule has 0 aliphatic carbocycles. The van der Waals surface area contributed by atoms with Crippen molar-refractivity contribution < 1.29 is 9.53 Å². The summed E-state index contributed by atoms with van der Waals surface area (Å²) in [4.78, 5) is 21.4. The molecule has 0 saturated carbocycles. The number of piperazine rings is 1. The maximum absolute atomic E-state index is 12.5. The minimum atomic E-state index is 0.0511. The molecule has 1 saturated heterocycles. The molecule has 144 valence electrons. The molecule has 0 unspecified atom stereocenters. The number of ether oxygens (including phenoxy) is 1. The molecule has 0 radical (unpaired) electrons. The zero-order valence-corrected chi connectivity index (χ0v) is 16.0. The van der Waals surface area contributed by atoms with Crippen molar-refractivity contribution in [3.8, 4) is 5.75 Å².